The number of fused-ring (bicyclic) bond motifs is 1. The maximum atomic E-state index is 13.0. The number of carbonyl (C=O) groups excluding carboxylic acids is 3. The van der Waals surface area contributed by atoms with Crippen LogP contribution in [0.25, 0.3) is 0 Å². The van der Waals surface area contributed by atoms with Gasteiger partial charge < -0.3 is 10.6 Å². The number of hydrogen-bond acceptors (Lipinski definition) is 3. The maximum absolute atomic E-state index is 13.0. The highest BCUT2D eigenvalue weighted by Crippen LogP contribution is 2.50. The number of amides is 4. The smallest absolute Gasteiger partial charge is 0.315 e. The zero-order chi connectivity index (χ0) is 20.7. The molecule has 5 aliphatic rings. The number of imide groups is 1. The normalized spacial score (nSPS) is 30.5. The Kier molecular flexibility index (Phi) is 5.09. The van der Waals surface area contributed by atoms with Gasteiger partial charge >= 0.3 is 6.03 Å². The van der Waals surface area contributed by atoms with Gasteiger partial charge in [0, 0.05) is 12.6 Å². The second-order valence-electron chi connectivity index (χ2n) is 9.18. The van der Waals surface area contributed by atoms with Crippen molar-refractivity contribution in [1.82, 2.24) is 10.6 Å². The molecule has 1 aliphatic heterocycles. The van der Waals surface area contributed by atoms with E-state index < -0.39 is 0 Å². The maximum Gasteiger partial charge on any atom is 0.315 e. The summed E-state index contributed by atoms with van der Waals surface area (Å²) in [7, 11) is 0. The fourth-order valence-electron chi connectivity index (χ4n) is 5.76. The molecule has 6 heteroatoms. The Balaban J connectivity index is 1.21. The minimum Gasteiger partial charge on any atom is -0.335 e. The molecule has 4 aliphatic carbocycles. The Hall–Kier alpha value is -2.63. The van der Waals surface area contributed by atoms with Crippen molar-refractivity contribution < 1.29 is 14.4 Å². The Bertz CT molecular complexity index is 840. The molecule has 3 fully saturated rings. The molecule has 2 saturated carbocycles. The zero-order valence-electron chi connectivity index (χ0n) is 17.2. The van der Waals surface area contributed by atoms with Crippen LogP contribution in [0.5, 0.6) is 0 Å². The second-order valence-corrected chi connectivity index (χ2v) is 9.18. The van der Waals surface area contributed by atoms with Crippen LogP contribution in [0.4, 0.5) is 10.5 Å². The third-order valence-electron chi connectivity index (χ3n) is 7.35. The van der Waals surface area contributed by atoms with Crippen LogP contribution in [-0.2, 0) is 16.1 Å². The van der Waals surface area contributed by atoms with Gasteiger partial charge in [-0.25, -0.2) is 4.79 Å². The van der Waals surface area contributed by atoms with Gasteiger partial charge in [0.1, 0.15) is 0 Å². The molecule has 30 heavy (non-hydrogen) atoms. The summed E-state index contributed by atoms with van der Waals surface area (Å²) in [6.45, 7) is 0.417. The molecule has 2 N–H and O–H groups in total. The van der Waals surface area contributed by atoms with Crippen molar-refractivity contribution in [3.63, 3.8) is 0 Å². The van der Waals surface area contributed by atoms with Crippen LogP contribution < -0.4 is 15.5 Å². The van der Waals surface area contributed by atoms with Crippen molar-refractivity contribution in [2.45, 2.75) is 57.5 Å². The lowest BCUT2D eigenvalue weighted by atomic mass is 9.63. The van der Waals surface area contributed by atoms with Gasteiger partial charge in [-0.1, -0.05) is 43.5 Å². The molecular weight excluding hydrogens is 378 g/mol. The molecule has 158 valence electrons. The van der Waals surface area contributed by atoms with Crippen LogP contribution in [0, 0.1) is 23.7 Å². The van der Waals surface area contributed by atoms with Crippen molar-refractivity contribution in [2.75, 3.05) is 4.90 Å². The fraction of sp³-hybridized carbons (Fsp3) is 0.542. The van der Waals surface area contributed by atoms with E-state index in [1.54, 1.807) is 0 Å². The Morgan fingerprint density at radius 1 is 0.867 bits per heavy atom. The SMILES string of the molecule is O=C(NCc1ccc(N2C(=O)C3C4C=CC(CC4)C3C2=O)cc1)NC1CCCCC1. The Morgan fingerprint density at radius 2 is 1.47 bits per heavy atom. The molecule has 6 nitrogen and oxygen atoms in total. The lowest BCUT2D eigenvalue weighted by molar-refractivity contribution is -0.124. The van der Waals surface area contributed by atoms with Gasteiger partial charge in [0.15, 0.2) is 0 Å². The first-order valence-corrected chi connectivity index (χ1v) is 11.3. The van der Waals surface area contributed by atoms with E-state index in [4.69, 9.17) is 0 Å². The van der Waals surface area contributed by atoms with Crippen LogP contribution in [-0.4, -0.2) is 23.9 Å². The van der Waals surface area contributed by atoms with Gasteiger partial charge in [-0.3, -0.25) is 14.5 Å². The molecule has 4 unspecified atom stereocenters. The summed E-state index contributed by atoms with van der Waals surface area (Å²) in [5, 5.41) is 5.95. The van der Waals surface area contributed by atoms with E-state index in [0.29, 0.717) is 12.2 Å². The van der Waals surface area contributed by atoms with Gasteiger partial charge in [-0.05, 0) is 55.2 Å². The molecule has 1 aromatic rings. The molecule has 1 saturated heterocycles. The van der Waals surface area contributed by atoms with Crippen LogP contribution >= 0.6 is 0 Å². The number of rotatable bonds is 4. The van der Waals surface area contributed by atoms with Crippen LogP contribution in [0.2, 0.25) is 0 Å². The molecule has 1 aromatic carbocycles. The third-order valence-corrected chi connectivity index (χ3v) is 7.35. The molecule has 0 aromatic heterocycles. The largest absolute Gasteiger partial charge is 0.335 e. The van der Waals surface area contributed by atoms with E-state index in [2.05, 4.69) is 22.8 Å². The van der Waals surface area contributed by atoms with Gasteiger partial charge in [-0.15, -0.1) is 0 Å². The molecule has 0 spiro atoms. The lowest BCUT2D eigenvalue weighted by Crippen LogP contribution is -2.42. The molecule has 0 radical (unpaired) electrons. The number of allylic oxidation sites excluding steroid dienone is 2. The summed E-state index contributed by atoms with van der Waals surface area (Å²) in [6.07, 6.45) is 12.0. The quantitative estimate of drug-likeness (QED) is 0.592. The molecule has 6 rings (SSSR count). The Labute approximate surface area is 177 Å². The number of carbonyl (C=O) groups is 3. The van der Waals surface area contributed by atoms with E-state index in [1.807, 2.05) is 24.3 Å². The highest BCUT2D eigenvalue weighted by Gasteiger charge is 2.56. The van der Waals surface area contributed by atoms with Crippen LogP contribution in [0.3, 0.4) is 0 Å². The van der Waals surface area contributed by atoms with E-state index >= 15 is 0 Å². The number of benzene rings is 1. The van der Waals surface area contributed by atoms with Crippen molar-refractivity contribution in [1.29, 1.82) is 0 Å². The van der Waals surface area contributed by atoms with E-state index in [0.717, 1.165) is 31.2 Å². The number of urea groups is 1. The number of nitrogens with zero attached hydrogens (tertiary/aromatic N) is 1. The third kappa shape index (κ3) is 3.42. The zero-order valence-corrected chi connectivity index (χ0v) is 17.2. The highest BCUT2D eigenvalue weighted by atomic mass is 16.2. The van der Waals surface area contributed by atoms with E-state index in [1.165, 1.54) is 24.2 Å². The summed E-state index contributed by atoms with van der Waals surface area (Å²) in [5.41, 5.74) is 1.57. The predicted octanol–water partition coefficient (Wildman–Crippen LogP) is 3.52. The van der Waals surface area contributed by atoms with Crippen molar-refractivity contribution in [2.24, 2.45) is 23.7 Å². The fourth-order valence-corrected chi connectivity index (χ4v) is 5.76. The topological polar surface area (TPSA) is 78.5 Å². The van der Waals surface area contributed by atoms with Crippen molar-refractivity contribution in [3.8, 4) is 0 Å². The summed E-state index contributed by atoms with van der Waals surface area (Å²) in [5.74, 6) is -0.0825. The molecular formula is C24H29N3O3. The molecule has 4 atom stereocenters. The van der Waals surface area contributed by atoms with E-state index in [9.17, 15) is 14.4 Å². The van der Waals surface area contributed by atoms with Gasteiger partial charge in [0.25, 0.3) is 0 Å². The summed E-state index contributed by atoms with van der Waals surface area (Å²) in [6, 6.07) is 7.54. The number of hydrogen-bond donors (Lipinski definition) is 2. The number of anilines is 1. The van der Waals surface area contributed by atoms with Gasteiger partial charge in [0.2, 0.25) is 11.8 Å². The van der Waals surface area contributed by atoms with Crippen molar-refractivity contribution >= 4 is 23.5 Å². The van der Waals surface area contributed by atoms with Gasteiger partial charge in [-0.2, -0.15) is 0 Å². The first-order valence-electron chi connectivity index (χ1n) is 11.3. The standard InChI is InChI=1S/C24H29N3O3/c28-22-20-16-8-9-17(11-10-16)21(20)23(29)27(22)19-12-6-15(7-13-19)14-25-24(30)26-18-4-2-1-3-5-18/h6-9,12-13,16-18,20-21H,1-5,10-11,14H2,(H2,25,26,30). The molecule has 1 heterocycles. The lowest BCUT2D eigenvalue weighted by Gasteiger charge is -2.38. The first-order chi connectivity index (χ1) is 14.6. The monoisotopic (exact) mass is 407 g/mol. The first kappa shape index (κ1) is 19.3. The van der Waals surface area contributed by atoms with Crippen LogP contribution in [0.15, 0.2) is 36.4 Å². The van der Waals surface area contributed by atoms with Gasteiger partial charge in [0.05, 0.1) is 17.5 Å². The van der Waals surface area contributed by atoms with Crippen molar-refractivity contribution in [3.05, 3.63) is 42.0 Å². The summed E-state index contributed by atoms with van der Waals surface area (Å²) < 4.78 is 0. The average molecular weight is 408 g/mol. The van der Waals surface area contributed by atoms with Crippen LogP contribution in [0.1, 0.15) is 50.5 Å². The van der Waals surface area contributed by atoms with E-state index in [-0.39, 0.29) is 47.6 Å². The summed E-state index contributed by atoms with van der Waals surface area (Å²) in [4.78, 5) is 39.6. The number of nitrogens with one attached hydrogen (secondary N) is 2. The molecule has 2 bridgehead atoms. The summed E-state index contributed by atoms with van der Waals surface area (Å²) >= 11 is 0. The Morgan fingerprint density at radius 3 is 2.03 bits per heavy atom. The minimum atomic E-state index is -0.189. The molecule has 4 amide bonds. The minimum absolute atomic E-state index is 0.0539. The second kappa shape index (κ2) is 7.89. The highest BCUT2D eigenvalue weighted by molar-refractivity contribution is 6.22. The predicted molar refractivity (Wildman–Crippen MR) is 114 cm³/mol. The average Bonchev–Trinajstić information content (AvgIpc) is 3.07.